The maximum absolute atomic E-state index is 10.9. The van der Waals surface area contributed by atoms with Gasteiger partial charge >= 0.3 is 0 Å². The van der Waals surface area contributed by atoms with Crippen LogP contribution in [0.3, 0.4) is 0 Å². The quantitative estimate of drug-likeness (QED) is 0.414. The van der Waals surface area contributed by atoms with Crippen molar-refractivity contribution in [1.29, 1.82) is 0 Å². The van der Waals surface area contributed by atoms with Gasteiger partial charge < -0.3 is 0 Å². The highest BCUT2D eigenvalue weighted by molar-refractivity contribution is 7.80. The molecule has 1 aromatic heterocycles. The number of thiol groups is 1. The van der Waals surface area contributed by atoms with Crippen LogP contribution in [-0.4, -0.2) is 11.5 Å². The summed E-state index contributed by atoms with van der Waals surface area (Å²) in [5.74, 6) is 6.38. The van der Waals surface area contributed by atoms with Crippen LogP contribution in [0.5, 0.6) is 0 Å². The van der Waals surface area contributed by atoms with Gasteiger partial charge in [0, 0.05) is 0 Å². The fourth-order valence-corrected chi connectivity index (χ4v) is 1.58. The molecule has 0 radical (unpaired) electrons. The number of carbonyl (C=O) groups excluding carboxylic acids is 1. The van der Waals surface area contributed by atoms with E-state index in [0.29, 0.717) is 5.75 Å². The van der Waals surface area contributed by atoms with E-state index in [1.165, 1.54) is 11.3 Å². The predicted octanol–water partition coefficient (Wildman–Crippen LogP) is 2.23. The van der Waals surface area contributed by atoms with Gasteiger partial charge in [-0.1, -0.05) is 11.8 Å². The third-order valence-corrected chi connectivity index (χ3v) is 2.50. The molecule has 0 spiro atoms. The Morgan fingerprint density at radius 3 is 2.92 bits per heavy atom. The summed E-state index contributed by atoms with van der Waals surface area (Å²) in [6, 6.07) is 3.66. The Hall–Kier alpha value is -0.720. The Morgan fingerprint density at radius 1 is 1.67 bits per heavy atom. The van der Waals surface area contributed by atoms with Gasteiger partial charge in [0.05, 0.1) is 15.5 Å². The number of thiophene rings is 1. The molecule has 0 atom stereocenters. The number of carbonyl (C=O) groups is 1. The minimum Gasteiger partial charge on any atom is -0.294 e. The Balaban J connectivity index is 2.84. The van der Waals surface area contributed by atoms with E-state index in [-0.39, 0.29) is 5.78 Å². The molecule has 1 aromatic rings. The van der Waals surface area contributed by atoms with Gasteiger partial charge in [0.15, 0.2) is 5.78 Å². The summed E-state index contributed by atoms with van der Waals surface area (Å²) in [5, 5.41) is 0. The molecule has 0 unspecified atom stereocenters. The van der Waals surface area contributed by atoms with E-state index in [4.69, 9.17) is 0 Å². The predicted molar refractivity (Wildman–Crippen MR) is 55.1 cm³/mol. The summed E-state index contributed by atoms with van der Waals surface area (Å²) in [4.78, 5) is 12.6. The van der Waals surface area contributed by atoms with Gasteiger partial charge in [-0.2, -0.15) is 12.6 Å². The molecular formula is C9H8OS2. The zero-order valence-electron chi connectivity index (χ0n) is 6.63. The molecule has 0 saturated carbocycles. The largest absolute Gasteiger partial charge is 0.294 e. The van der Waals surface area contributed by atoms with Crippen molar-refractivity contribution in [2.24, 2.45) is 0 Å². The highest BCUT2D eigenvalue weighted by Gasteiger charge is 2.01. The van der Waals surface area contributed by atoms with E-state index in [1.54, 1.807) is 13.0 Å². The molecule has 0 aromatic carbocycles. The molecule has 1 rings (SSSR count). The zero-order valence-corrected chi connectivity index (χ0v) is 8.34. The van der Waals surface area contributed by atoms with E-state index < -0.39 is 0 Å². The molecule has 0 fully saturated rings. The fourth-order valence-electron chi connectivity index (χ4n) is 0.721. The minimum atomic E-state index is 0.0962. The summed E-state index contributed by atoms with van der Waals surface area (Å²) >= 11 is 5.39. The summed E-state index contributed by atoms with van der Waals surface area (Å²) in [6.07, 6.45) is 0. The Kier molecular flexibility index (Phi) is 3.39. The maximum atomic E-state index is 10.9. The molecule has 0 aliphatic heterocycles. The smallest absolute Gasteiger partial charge is 0.169 e. The molecule has 0 saturated heterocycles. The van der Waals surface area contributed by atoms with Crippen LogP contribution in [0.4, 0.5) is 0 Å². The van der Waals surface area contributed by atoms with Gasteiger partial charge in [-0.25, -0.2) is 0 Å². The topological polar surface area (TPSA) is 17.1 Å². The molecule has 0 aliphatic rings. The van der Waals surface area contributed by atoms with Crippen LogP contribution in [0.15, 0.2) is 12.1 Å². The number of Topliss-reactive ketones (excluding diaryl/α,β-unsaturated/α-hetero) is 1. The van der Waals surface area contributed by atoms with Gasteiger partial charge in [0.25, 0.3) is 0 Å². The Bertz CT molecular complexity index is 341. The molecular weight excluding hydrogens is 188 g/mol. The summed E-state index contributed by atoms with van der Waals surface area (Å²) < 4.78 is 0. The van der Waals surface area contributed by atoms with E-state index in [9.17, 15) is 4.79 Å². The van der Waals surface area contributed by atoms with E-state index in [0.717, 1.165) is 9.75 Å². The van der Waals surface area contributed by atoms with Crippen LogP contribution in [-0.2, 0) is 0 Å². The third kappa shape index (κ3) is 2.40. The lowest BCUT2D eigenvalue weighted by Gasteiger charge is -1.81. The van der Waals surface area contributed by atoms with Crippen molar-refractivity contribution >= 4 is 29.7 Å². The van der Waals surface area contributed by atoms with Crippen LogP contribution in [0.25, 0.3) is 0 Å². The second kappa shape index (κ2) is 4.34. The number of rotatable bonds is 1. The molecule has 0 aliphatic carbocycles. The van der Waals surface area contributed by atoms with Crippen molar-refractivity contribution in [3.05, 3.63) is 21.9 Å². The maximum Gasteiger partial charge on any atom is 0.169 e. The van der Waals surface area contributed by atoms with Crippen molar-refractivity contribution in [3.63, 3.8) is 0 Å². The first-order chi connectivity index (χ1) is 5.74. The first-order valence-corrected chi connectivity index (χ1v) is 4.89. The minimum absolute atomic E-state index is 0.0962. The molecule has 0 bridgehead atoms. The van der Waals surface area contributed by atoms with Crippen molar-refractivity contribution in [1.82, 2.24) is 0 Å². The normalized spacial score (nSPS) is 8.83. The molecule has 0 N–H and O–H groups in total. The zero-order chi connectivity index (χ0) is 8.97. The van der Waals surface area contributed by atoms with E-state index in [2.05, 4.69) is 24.5 Å². The van der Waals surface area contributed by atoms with E-state index in [1.807, 2.05) is 6.07 Å². The number of ketones is 1. The van der Waals surface area contributed by atoms with E-state index >= 15 is 0 Å². The summed E-state index contributed by atoms with van der Waals surface area (Å²) in [7, 11) is 0. The first-order valence-electron chi connectivity index (χ1n) is 3.44. The van der Waals surface area contributed by atoms with Crippen molar-refractivity contribution in [2.75, 3.05) is 5.75 Å². The second-order valence-corrected chi connectivity index (χ2v) is 3.58. The first kappa shape index (κ1) is 9.37. The SMILES string of the molecule is CC(=O)c1ccc(C#CCS)s1. The highest BCUT2D eigenvalue weighted by atomic mass is 32.1. The highest BCUT2D eigenvalue weighted by Crippen LogP contribution is 2.15. The second-order valence-electron chi connectivity index (χ2n) is 2.18. The lowest BCUT2D eigenvalue weighted by molar-refractivity contribution is 0.102. The van der Waals surface area contributed by atoms with Gasteiger partial charge in [0.2, 0.25) is 0 Å². The third-order valence-electron chi connectivity index (χ3n) is 1.24. The van der Waals surface area contributed by atoms with Gasteiger partial charge in [-0.05, 0) is 19.1 Å². The molecule has 12 heavy (non-hydrogen) atoms. The Morgan fingerprint density at radius 2 is 2.42 bits per heavy atom. The monoisotopic (exact) mass is 196 g/mol. The molecule has 3 heteroatoms. The van der Waals surface area contributed by atoms with Gasteiger partial charge in [-0.3, -0.25) is 4.79 Å². The van der Waals surface area contributed by atoms with Crippen LogP contribution in [0, 0.1) is 11.8 Å². The molecule has 0 amide bonds. The molecule has 1 nitrogen and oxygen atoms in total. The number of hydrogen-bond acceptors (Lipinski definition) is 3. The van der Waals surface area contributed by atoms with Crippen LogP contribution in [0.1, 0.15) is 21.5 Å². The van der Waals surface area contributed by atoms with Gasteiger partial charge in [0.1, 0.15) is 0 Å². The van der Waals surface area contributed by atoms with Crippen LogP contribution < -0.4 is 0 Å². The van der Waals surface area contributed by atoms with Crippen molar-refractivity contribution < 1.29 is 4.79 Å². The van der Waals surface area contributed by atoms with Gasteiger partial charge in [-0.15, -0.1) is 11.3 Å². The van der Waals surface area contributed by atoms with Crippen molar-refractivity contribution in [3.8, 4) is 11.8 Å². The average Bonchev–Trinajstić information content (AvgIpc) is 2.48. The summed E-state index contributed by atoms with van der Waals surface area (Å²) in [5.41, 5.74) is 0. The standard InChI is InChI=1S/C9H8OS2/c1-7(10)9-5-4-8(12-9)3-2-6-11/h4-5,11H,6H2,1H3. The molecule has 1 heterocycles. The van der Waals surface area contributed by atoms with Crippen LogP contribution in [0.2, 0.25) is 0 Å². The van der Waals surface area contributed by atoms with Crippen molar-refractivity contribution in [2.45, 2.75) is 6.92 Å². The lowest BCUT2D eigenvalue weighted by Crippen LogP contribution is -1.83. The van der Waals surface area contributed by atoms with Crippen LogP contribution >= 0.6 is 24.0 Å². The lowest BCUT2D eigenvalue weighted by atomic mass is 10.3. The average molecular weight is 196 g/mol. The Labute approximate surface area is 81.2 Å². The molecule has 62 valence electrons. The summed E-state index contributed by atoms with van der Waals surface area (Å²) in [6.45, 7) is 1.56. The fraction of sp³-hybridized carbons (Fsp3) is 0.222. The number of hydrogen-bond donors (Lipinski definition) is 1.